The minimum absolute atomic E-state index is 0.0610. The summed E-state index contributed by atoms with van der Waals surface area (Å²) in [5, 5.41) is 0.732. The Hall–Kier alpha value is -3.38. The third-order valence-corrected chi connectivity index (χ3v) is 5.71. The number of carbonyl (C=O) groups is 1. The Labute approximate surface area is 179 Å². The van der Waals surface area contributed by atoms with E-state index >= 15 is 0 Å². The van der Waals surface area contributed by atoms with Gasteiger partial charge < -0.3 is 9.80 Å². The molecule has 0 saturated carbocycles. The number of rotatable bonds is 3. The lowest BCUT2D eigenvalue weighted by Crippen LogP contribution is -2.48. The van der Waals surface area contributed by atoms with Crippen molar-refractivity contribution in [1.82, 2.24) is 19.4 Å². The van der Waals surface area contributed by atoms with Crippen LogP contribution < -0.4 is 4.90 Å². The summed E-state index contributed by atoms with van der Waals surface area (Å²) in [6, 6.07) is 19.3. The quantitative estimate of drug-likeness (QED) is 0.505. The van der Waals surface area contributed by atoms with Gasteiger partial charge in [-0.3, -0.25) is 9.36 Å². The van der Waals surface area contributed by atoms with Gasteiger partial charge >= 0.3 is 0 Å². The highest BCUT2D eigenvalue weighted by atomic mass is 35.5. The molecule has 150 valence electrons. The monoisotopic (exact) mass is 417 g/mol. The summed E-state index contributed by atoms with van der Waals surface area (Å²) in [6.45, 7) is 2.99. The third kappa shape index (κ3) is 3.50. The SMILES string of the molecule is O=C(c1ccc(-n2cnc3cccnc32)cc1)N1CCN(c2ccc(Cl)cc2)CC1. The number of piperazine rings is 1. The van der Waals surface area contributed by atoms with Gasteiger partial charge in [0.25, 0.3) is 5.91 Å². The molecule has 0 bridgehead atoms. The Bertz CT molecular complexity index is 1180. The number of anilines is 1. The molecule has 0 aliphatic carbocycles. The van der Waals surface area contributed by atoms with Crippen LogP contribution in [0.2, 0.25) is 5.02 Å². The Balaban J connectivity index is 1.27. The first-order valence-corrected chi connectivity index (χ1v) is 10.3. The van der Waals surface area contributed by atoms with E-state index in [4.69, 9.17) is 11.6 Å². The number of nitrogens with zero attached hydrogens (tertiary/aromatic N) is 5. The molecule has 0 unspecified atom stereocenters. The summed E-state index contributed by atoms with van der Waals surface area (Å²) < 4.78 is 1.93. The van der Waals surface area contributed by atoms with Crippen LogP contribution in [0.5, 0.6) is 0 Å². The van der Waals surface area contributed by atoms with Crippen LogP contribution in [0.4, 0.5) is 5.69 Å². The van der Waals surface area contributed by atoms with E-state index in [9.17, 15) is 4.79 Å². The highest BCUT2D eigenvalue weighted by Crippen LogP contribution is 2.21. The van der Waals surface area contributed by atoms with Crippen LogP contribution in [0.25, 0.3) is 16.9 Å². The highest BCUT2D eigenvalue weighted by molar-refractivity contribution is 6.30. The Morgan fingerprint density at radius 1 is 0.833 bits per heavy atom. The number of halogens is 1. The van der Waals surface area contributed by atoms with E-state index in [0.29, 0.717) is 18.7 Å². The topological polar surface area (TPSA) is 54.3 Å². The van der Waals surface area contributed by atoms with Gasteiger partial charge in [-0.25, -0.2) is 9.97 Å². The van der Waals surface area contributed by atoms with Crippen molar-refractivity contribution in [2.45, 2.75) is 0 Å². The number of aromatic nitrogens is 3. The van der Waals surface area contributed by atoms with Crippen LogP contribution in [-0.4, -0.2) is 51.5 Å². The van der Waals surface area contributed by atoms with Gasteiger partial charge in [0.15, 0.2) is 5.65 Å². The van der Waals surface area contributed by atoms with Gasteiger partial charge in [0, 0.05) is 54.3 Å². The Kier molecular flexibility index (Phi) is 4.85. The number of fused-ring (bicyclic) bond motifs is 1. The van der Waals surface area contributed by atoms with Crippen LogP contribution in [0.15, 0.2) is 73.2 Å². The second kappa shape index (κ2) is 7.80. The fourth-order valence-electron chi connectivity index (χ4n) is 3.81. The number of carbonyl (C=O) groups excluding carboxylic acids is 1. The summed E-state index contributed by atoms with van der Waals surface area (Å²) in [6.07, 6.45) is 3.51. The maximum absolute atomic E-state index is 13.0. The maximum atomic E-state index is 13.0. The van der Waals surface area contributed by atoms with E-state index < -0.39 is 0 Å². The minimum atomic E-state index is 0.0610. The predicted octanol–water partition coefficient (Wildman–Crippen LogP) is 4.04. The highest BCUT2D eigenvalue weighted by Gasteiger charge is 2.22. The molecule has 5 rings (SSSR count). The Morgan fingerprint density at radius 3 is 2.27 bits per heavy atom. The van der Waals surface area contributed by atoms with E-state index in [1.165, 1.54) is 0 Å². The zero-order valence-corrected chi connectivity index (χ0v) is 17.0. The summed E-state index contributed by atoms with van der Waals surface area (Å²) >= 11 is 5.98. The largest absolute Gasteiger partial charge is 0.368 e. The average molecular weight is 418 g/mol. The first-order valence-electron chi connectivity index (χ1n) is 9.87. The van der Waals surface area contributed by atoms with Crippen LogP contribution in [0.3, 0.4) is 0 Å². The molecule has 7 heteroatoms. The molecule has 6 nitrogen and oxygen atoms in total. The first kappa shape index (κ1) is 18.6. The van der Waals surface area contributed by atoms with E-state index in [0.717, 1.165) is 40.7 Å². The average Bonchev–Trinajstić information content (AvgIpc) is 3.24. The van der Waals surface area contributed by atoms with Crippen molar-refractivity contribution >= 4 is 34.4 Å². The van der Waals surface area contributed by atoms with Crippen molar-refractivity contribution in [3.63, 3.8) is 0 Å². The predicted molar refractivity (Wildman–Crippen MR) is 118 cm³/mol. The molecular weight excluding hydrogens is 398 g/mol. The number of benzene rings is 2. The van der Waals surface area contributed by atoms with Crippen molar-refractivity contribution in [3.05, 3.63) is 83.8 Å². The zero-order valence-electron chi connectivity index (χ0n) is 16.3. The minimum Gasteiger partial charge on any atom is -0.368 e. The first-order chi connectivity index (χ1) is 14.7. The van der Waals surface area contributed by atoms with Crippen molar-refractivity contribution in [1.29, 1.82) is 0 Å². The van der Waals surface area contributed by atoms with Gasteiger partial charge in [0.2, 0.25) is 0 Å². The summed E-state index contributed by atoms with van der Waals surface area (Å²) in [4.78, 5) is 25.9. The van der Waals surface area contributed by atoms with Gasteiger partial charge in [-0.2, -0.15) is 0 Å². The molecule has 1 saturated heterocycles. The lowest BCUT2D eigenvalue weighted by Gasteiger charge is -2.36. The number of hydrogen-bond donors (Lipinski definition) is 0. The van der Waals surface area contributed by atoms with Crippen LogP contribution >= 0.6 is 11.6 Å². The van der Waals surface area contributed by atoms with E-state index in [1.54, 1.807) is 12.5 Å². The number of imidazole rings is 1. The maximum Gasteiger partial charge on any atom is 0.253 e. The van der Waals surface area contributed by atoms with Crippen molar-refractivity contribution in [2.24, 2.45) is 0 Å². The van der Waals surface area contributed by atoms with Gasteiger partial charge in [-0.15, -0.1) is 0 Å². The molecule has 2 aromatic heterocycles. The number of pyridine rings is 1. The van der Waals surface area contributed by atoms with Gasteiger partial charge in [-0.05, 0) is 60.7 Å². The summed E-state index contributed by atoms with van der Waals surface area (Å²) in [7, 11) is 0. The third-order valence-electron chi connectivity index (χ3n) is 5.46. The van der Waals surface area contributed by atoms with E-state index in [1.807, 2.05) is 70.1 Å². The smallest absolute Gasteiger partial charge is 0.253 e. The molecule has 1 amide bonds. The zero-order chi connectivity index (χ0) is 20.5. The molecule has 3 heterocycles. The molecule has 2 aromatic carbocycles. The van der Waals surface area contributed by atoms with Crippen molar-refractivity contribution < 1.29 is 4.79 Å². The molecule has 4 aromatic rings. The van der Waals surface area contributed by atoms with Crippen molar-refractivity contribution in [2.75, 3.05) is 31.1 Å². The van der Waals surface area contributed by atoms with Crippen molar-refractivity contribution in [3.8, 4) is 5.69 Å². The fraction of sp³-hybridized carbons (Fsp3) is 0.174. The lowest BCUT2D eigenvalue weighted by molar-refractivity contribution is 0.0747. The second-order valence-electron chi connectivity index (χ2n) is 7.26. The molecule has 1 aliphatic heterocycles. The normalized spacial score (nSPS) is 14.3. The molecular formula is C23H20ClN5O. The van der Waals surface area contributed by atoms with Gasteiger partial charge in [-0.1, -0.05) is 11.6 Å². The van der Waals surface area contributed by atoms with Crippen LogP contribution in [0.1, 0.15) is 10.4 Å². The summed E-state index contributed by atoms with van der Waals surface area (Å²) in [5.41, 5.74) is 4.40. The molecule has 30 heavy (non-hydrogen) atoms. The molecule has 0 radical (unpaired) electrons. The Morgan fingerprint density at radius 2 is 1.53 bits per heavy atom. The standard InChI is InChI=1S/C23H20ClN5O/c24-18-5-9-19(10-6-18)27-12-14-28(15-13-27)23(30)17-3-7-20(8-4-17)29-16-26-21-2-1-11-25-22(21)29/h1-11,16H,12-15H2. The second-order valence-corrected chi connectivity index (χ2v) is 7.70. The van der Waals surface area contributed by atoms with E-state index in [-0.39, 0.29) is 5.91 Å². The fourth-order valence-corrected chi connectivity index (χ4v) is 3.93. The molecule has 1 fully saturated rings. The summed E-state index contributed by atoms with van der Waals surface area (Å²) in [5.74, 6) is 0.0610. The van der Waals surface area contributed by atoms with Crippen LogP contribution in [0, 0.1) is 0 Å². The molecule has 0 atom stereocenters. The molecule has 1 aliphatic rings. The van der Waals surface area contributed by atoms with Gasteiger partial charge in [0.05, 0.1) is 0 Å². The number of amides is 1. The molecule has 0 spiro atoms. The van der Waals surface area contributed by atoms with E-state index in [2.05, 4.69) is 14.9 Å². The van der Waals surface area contributed by atoms with Gasteiger partial charge in [0.1, 0.15) is 11.8 Å². The lowest BCUT2D eigenvalue weighted by atomic mass is 10.1. The number of hydrogen-bond acceptors (Lipinski definition) is 4. The van der Waals surface area contributed by atoms with Crippen LogP contribution in [-0.2, 0) is 0 Å². The molecule has 0 N–H and O–H groups in total.